The monoisotopic (exact) mass is 476 g/mol. The van der Waals surface area contributed by atoms with Crippen LogP contribution in [0.1, 0.15) is 28.3 Å². The lowest BCUT2D eigenvalue weighted by molar-refractivity contribution is -0.153. The molecule has 0 spiro atoms. The van der Waals surface area contributed by atoms with Gasteiger partial charge in [-0.1, -0.05) is 11.6 Å². The summed E-state index contributed by atoms with van der Waals surface area (Å²) in [6, 6.07) is 3.93. The van der Waals surface area contributed by atoms with Crippen molar-refractivity contribution < 1.29 is 30.8 Å². The van der Waals surface area contributed by atoms with Crippen LogP contribution in [0.25, 0.3) is 0 Å². The number of nitrogens with zero attached hydrogens (tertiary/aromatic N) is 2. The van der Waals surface area contributed by atoms with Crippen molar-refractivity contribution in [3.05, 3.63) is 46.4 Å². The number of alkyl halides is 3. The fraction of sp³-hybridized carbons (Fsp3) is 0.333. The largest absolute Gasteiger partial charge is 0.456 e. The standard InChI is InChI=1S/C18H16ClF3N4O4S/c1-10-6-13(16(30-10)18(20,21)22)17(27)24-11-2-3-14(19)15(7-11)31(28,29)25-12-4-5-26(8-12)9-23/h2-3,6-7,12,25H,4-5,8H2,1H3,(H,24,27)/t12-/m1/s1. The number of hydrogen-bond acceptors (Lipinski definition) is 6. The third-order valence-electron chi connectivity index (χ3n) is 4.49. The van der Waals surface area contributed by atoms with Gasteiger partial charge in [-0.25, -0.2) is 13.1 Å². The second-order valence-electron chi connectivity index (χ2n) is 6.85. The molecule has 1 saturated heterocycles. The Bertz CT molecular complexity index is 1160. The number of sulfonamides is 1. The maximum atomic E-state index is 13.1. The van der Waals surface area contributed by atoms with Gasteiger partial charge >= 0.3 is 6.18 Å². The zero-order valence-corrected chi connectivity index (χ0v) is 17.5. The summed E-state index contributed by atoms with van der Waals surface area (Å²) >= 11 is 6.01. The van der Waals surface area contributed by atoms with Gasteiger partial charge in [0.15, 0.2) is 6.19 Å². The molecule has 1 aliphatic rings. The minimum absolute atomic E-state index is 0.0770. The van der Waals surface area contributed by atoms with E-state index in [-0.39, 0.29) is 27.9 Å². The number of halogens is 4. The molecule has 1 aliphatic heterocycles. The summed E-state index contributed by atoms with van der Waals surface area (Å²) in [6.45, 7) is 1.87. The second kappa shape index (κ2) is 8.41. The van der Waals surface area contributed by atoms with Crippen molar-refractivity contribution in [2.45, 2.75) is 30.5 Å². The molecular formula is C18H16ClF3N4O4S. The minimum Gasteiger partial charge on any atom is -0.456 e. The molecule has 1 amide bonds. The summed E-state index contributed by atoms with van der Waals surface area (Å²) in [7, 11) is -4.12. The molecule has 1 aromatic carbocycles. The first-order valence-electron chi connectivity index (χ1n) is 8.86. The Morgan fingerprint density at radius 2 is 2.06 bits per heavy atom. The van der Waals surface area contributed by atoms with Crippen LogP contribution in [0, 0.1) is 18.4 Å². The maximum Gasteiger partial charge on any atom is 0.450 e. The summed E-state index contributed by atoms with van der Waals surface area (Å²) in [6.07, 6.45) is -2.53. The normalized spacial score (nSPS) is 16.9. The van der Waals surface area contributed by atoms with Gasteiger partial charge in [-0.05, 0) is 37.6 Å². The Balaban J connectivity index is 1.83. The maximum absolute atomic E-state index is 13.1. The van der Waals surface area contributed by atoms with E-state index in [9.17, 15) is 26.4 Å². The van der Waals surface area contributed by atoms with Crippen molar-refractivity contribution in [3.63, 3.8) is 0 Å². The third-order valence-corrected chi connectivity index (χ3v) is 6.49. The quantitative estimate of drug-likeness (QED) is 0.639. The minimum atomic E-state index is -4.88. The number of rotatable bonds is 5. The van der Waals surface area contributed by atoms with Crippen LogP contribution in [0.3, 0.4) is 0 Å². The van der Waals surface area contributed by atoms with Crippen LogP contribution in [-0.4, -0.2) is 38.4 Å². The highest BCUT2D eigenvalue weighted by Crippen LogP contribution is 2.34. The van der Waals surface area contributed by atoms with Crippen LogP contribution >= 0.6 is 11.6 Å². The summed E-state index contributed by atoms with van der Waals surface area (Å²) in [4.78, 5) is 13.4. The fourth-order valence-corrected chi connectivity index (χ4v) is 4.90. The summed E-state index contributed by atoms with van der Waals surface area (Å²) < 4.78 is 71.7. The van der Waals surface area contributed by atoms with Gasteiger partial charge in [-0.3, -0.25) is 4.79 Å². The number of nitrogens with one attached hydrogen (secondary N) is 2. The van der Waals surface area contributed by atoms with Crippen molar-refractivity contribution in [1.82, 2.24) is 9.62 Å². The van der Waals surface area contributed by atoms with Gasteiger partial charge in [-0.15, -0.1) is 0 Å². The molecule has 2 N–H and O–H groups in total. The van der Waals surface area contributed by atoms with E-state index in [2.05, 4.69) is 14.5 Å². The van der Waals surface area contributed by atoms with Crippen molar-refractivity contribution >= 4 is 33.2 Å². The molecule has 0 aliphatic carbocycles. The molecule has 2 heterocycles. The number of likely N-dealkylation sites (tertiary alicyclic amines) is 1. The molecule has 1 atom stereocenters. The predicted octanol–water partition coefficient (Wildman–Crippen LogP) is 3.35. The highest BCUT2D eigenvalue weighted by molar-refractivity contribution is 7.89. The van der Waals surface area contributed by atoms with Crippen molar-refractivity contribution in [1.29, 1.82) is 5.26 Å². The van der Waals surface area contributed by atoms with Crippen molar-refractivity contribution in [2.75, 3.05) is 18.4 Å². The van der Waals surface area contributed by atoms with Crippen LogP contribution in [-0.2, 0) is 16.2 Å². The van der Waals surface area contributed by atoms with Gasteiger partial charge in [0.05, 0.1) is 10.6 Å². The van der Waals surface area contributed by atoms with Crippen LogP contribution < -0.4 is 10.0 Å². The Kier molecular flexibility index (Phi) is 6.22. The second-order valence-corrected chi connectivity index (χ2v) is 8.94. The van der Waals surface area contributed by atoms with Gasteiger partial charge in [0, 0.05) is 24.8 Å². The van der Waals surface area contributed by atoms with Crippen molar-refractivity contribution in [2.24, 2.45) is 0 Å². The molecule has 31 heavy (non-hydrogen) atoms. The van der Waals surface area contributed by atoms with E-state index in [1.54, 1.807) is 0 Å². The number of hydrogen-bond donors (Lipinski definition) is 2. The number of aryl methyl sites for hydroxylation is 1. The van der Waals surface area contributed by atoms with Crippen LogP contribution in [0.4, 0.5) is 18.9 Å². The fourth-order valence-electron chi connectivity index (χ4n) is 3.11. The van der Waals surface area contributed by atoms with E-state index < -0.39 is 39.5 Å². The number of amides is 1. The predicted molar refractivity (Wildman–Crippen MR) is 104 cm³/mol. The molecular weight excluding hydrogens is 461 g/mol. The zero-order valence-electron chi connectivity index (χ0n) is 16.0. The van der Waals surface area contributed by atoms with Crippen molar-refractivity contribution in [3.8, 4) is 6.19 Å². The van der Waals surface area contributed by atoms with E-state index in [4.69, 9.17) is 16.9 Å². The molecule has 2 aromatic rings. The highest BCUT2D eigenvalue weighted by atomic mass is 35.5. The summed E-state index contributed by atoms with van der Waals surface area (Å²) in [5.41, 5.74) is -0.808. The van der Waals surface area contributed by atoms with Crippen LogP contribution in [0.2, 0.25) is 5.02 Å². The van der Waals surface area contributed by atoms with Gasteiger partial charge in [0.1, 0.15) is 10.7 Å². The number of nitriles is 1. The number of anilines is 1. The average molecular weight is 477 g/mol. The van der Waals surface area contributed by atoms with Crippen LogP contribution in [0.5, 0.6) is 0 Å². The Hall–Kier alpha value is -2.75. The highest BCUT2D eigenvalue weighted by Gasteiger charge is 2.40. The number of benzene rings is 1. The number of carbonyl (C=O) groups excluding carboxylic acids is 1. The lowest BCUT2D eigenvalue weighted by atomic mass is 10.2. The Labute approximate surface area is 180 Å². The first kappa shape index (κ1) is 22.9. The molecule has 13 heteroatoms. The zero-order chi connectivity index (χ0) is 23.0. The summed E-state index contributed by atoms with van der Waals surface area (Å²) in [5.74, 6) is -2.68. The topological polar surface area (TPSA) is 115 Å². The molecule has 8 nitrogen and oxygen atoms in total. The van der Waals surface area contributed by atoms with Gasteiger partial charge in [0.2, 0.25) is 15.8 Å². The molecule has 1 aromatic heterocycles. The average Bonchev–Trinajstić information content (AvgIpc) is 3.28. The molecule has 0 saturated carbocycles. The van der Waals surface area contributed by atoms with E-state index >= 15 is 0 Å². The van der Waals surface area contributed by atoms with Crippen LogP contribution in [0.15, 0.2) is 33.6 Å². The third kappa shape index (κ3) is 5.12. The van der Waals surface area contributed by atoms with E-state index in [1.165, 1.54) is 24.0 Å². The lowest BCUT2D eigenvalue weighted by Gasteiger charge is -2.15. The number of carbonyl (C=O) groups is 1. The smallest absolute Gasteiger partial charge is 0.450 e. The Morgan fingerprint density at radius 3 is 2.68 bits per heavy atom. The van der Waals surface area contributed by atoms with Gasteiger partial charge in [-0.2, -0.15) is 18.4 Å². The van der Waals surface area contributed by atoms with E-state index in [0.717, 1.165) is 12.1 Å². The molecule has 0 unspecified atom stereocenters. The molecule has 1 fully saturated rings. The molecule has 0 bridgehead atoms. The van der Waals surface area contributed by atoms with E-state index in [1.807, 2.05) is 6.19 Å². The number of furan rings is 1. The summed E-state index contributed by atoms with van der Waals surface area (Å²) in [5, 5.41) is 11.0. The molecule has 0 radical (unpaired) electrons. The first-order chi connectivity index (χ1) is 14.4. The van der Waals surface area contributed by atoms with Gasteiger partial charge in [0.25, 0.3) is 5.91 Å². The van der Waals surface area contributed by atoms with Gasteiger partial charge < -0.3 is 14.6 Å². The first-order valence-corrected chi connectivity index (χ1v) is 10.7. The van der Waals surface area contributed by atoms with E-state index in [0.29, 0.717) is 13.0 Å². The molecule has 166 valence electrons. The SMILES string of the molecule is Cc1cc(C(=O)Nc2ccc(Cl)c(S(=O)(=O)N[C@@H]3CCN(C#N)C3)c2)c(C(F)(F)F)o1. The Morgan fingerprint density at radius 1 is 1.35 bits per heavy atom. The lowest BCUT2D eigenvalue weighted by Crippen LogP contribution is -2.36. The molecule has 3 rings (SSSR count).